The molecule has 26 heavy (non-hydrogen) atoms. The molecule has 0 bridgehead atoms. The third-order valence-corrected chi connectivity index (χ3v) is 4.28. The highest BCUT2D eigenvalue weighted by molar-refractivity contribution is 5.71. The number of aliphatic carboxylic acids is 1. The van der Waals surface area contributed by atoms with Crippen LogP contribution in [0, 0.1) is 5.92 Å². The Balaban J connectivity index is 1.51. The minimum Gasteiger partial charge on any atom is -0.481 e. The zero-order chi connectivity index (χ0) is 18.7. The molecule has 0 saturated carbocycles. The van der Waals surface area contributed by atoms with Crippen LogP contribution >= 0.6 is 0 Å². The Kier molecular flexibility index (Phi) is 5.13. The summed E-state index contributed by atoms with van der Waals surface area (Å²) in [5.41, 5.74) is 1.43. The van der Waals surface area contributed by atoms with Crippen molar-refractivity contribution in [3.05, 3.63) is 59.4 Å². The van der Waals surface area contributed by atoms with E-state index in [9.17, 15) is 18.0 Å². The van der Waals surface area contributed by atoms with Crippen LogP contribution in [0.5, 0.6) is 0 Å². The van der Waals surface area contributed by atoms with Crippen LogP contribution in [0.1, 0.15) is 16.8 Å². The molecule has 0 spiro atoms. The fraction of sp³-hybridized carbons (Fsp3) is 0.333. The Bertz CT molecular complexity index is 772. The average molecular weight is 365 g/mol. The fourth-order valence-electron chi connectivity index (χ4n) is 2.79. The van der Waals surface area contributed by atoms with Crippen LogP contribution in [0.4, 0.5) is 18.9 Å². The van der Waals surface area contributed by atoms with Crippen molar-refractivity contribution in [2.75, 3.05) is 18.4 Å². The van der Waals surface area contributed by atoms with Crippen LogP contribution < -0.4 is 5.32 Å². The third-order valence-electron chi connectivity index (χ3n) is 4.28. The zero-order valence-electron chi connectivity index (χ0n) is 13.8. The number of pyridine rings is 1. The van der Waals surface area contributed by atoms with E-state index in [1.165, 1.54) is 0 Å². The van der Waals surface area contributed by atoms with Crippen molar-refractivity contribution in [2.24, 2.45) is 5.92 Å². The molecule has 0 amide bonds. The molecule has 2 aromatic rings. The van der Waals surface area contributed by atoms with Gasteiger partial charge in [0.2, 0.25) is 0 Å². The quantitative estimate of drug-likeness (QED) is 0.823. The van der Waals surface area contributed by atoms with Crippen molar-refractivity contribution < 1.29 is 23.1 Å². The maximum absolute atomic E-state index is 12.7. The van der Waals surface area contributed by atoms with Gasteiger partial charge in [-0.1, -0.05) is 12.1 Å². The Labute approximate surface area is 148 Å². The fourth-order valence-corrected chi connectivity index (χ4v) is 2.79. The molecule has 1 aliphatic rings. The molecule has 2 N–H and O–H groups in total. The number of anilines is 1. The minimum atomic E-state index is -4.38. The molecule has 2 heterocycles. The summed E-state index contributed by atoms with van der Waals surface area (Å²) in [5, 5.41) is 11.9. The normalized spacial score (nSPS) is 15.5. The van der Waals surface area contributed by atoms with E-state index in [4.69, 9.17) is 5.11 Å². The number of aromatic nitrogens is 1. The van der Waals surface area contributed by atoms with Gasteiger partial charge in [0.15, 0.2) is 0 Å². The number of halogens is 3. The highest BCUT2D eigenvalue weighted by Crippen LogP contribution is 2.29. The van der Waals surface area contributed by atoms with Crippen LogP contribution in [0.3, 0.4) is 0 Å². The summed E-state index contributed by atoms with van der Waals surface area (Å²) in [6, 6.07) is 9.49. The number of nitrogens with zero attached hydrogens (tertiary/aromatic N) is 2. The second-order valence-electron chi connectivity index (χ2n) is 6.31. The second-order valence-corrected chi connectivity index (χ2v) is 6.31. The summed E-state index contributed by atoms with van der Waals surface area (Å²) >= 11 is 0. The van der Waals surface area contributed by atoms with Crippen LogP contribution in [-0.2, 0) is 24.1 Å². The SMILES string of the molecule is O=C(O)C1CN(Cc2ccc(NCc3cc(C(F)(F)F)ccn3)cc2)C1. The minimum absolute atomic E-state index is 0.190. The maximum Gasteiger partial charge on any atom is 0.416 e. The van der Waals surface area contributed by atoms with Crippen molar-refractivity contribution in [3.8, 4) is 0 Å². The van der Waals surface area contributed by atoms with Gasteiger partial charge in [-0.25, -0.2) is 0 Å². The van der Waals surface area contributed by atoms with Crippen molar-refractivity contribution in [1.82, 2.24) is 9.88 Å². The topological polar surface area (TPSA) is 65.5 Å². The predicted molar refractivity (Wildman–Crippen MR) is 89.4 cm³/mol. The first-order valence-electron chi connectivity index (χ1n) is 8.11. The van der Waals surface area contributed by atoms with Crippen molar-refractivity contribution >= 4 is 11.7 Å². The Morgan fingerprint density at radius 1 is 1.23 bits per heavy atom. The van der Waals surface area contributed by atoms with Gasteiger partial charge in [0, 0.05) is 31.5 Å². The van der Waals surface area contributed by atoms with Crippen LogP contribution in [0.25, 0.3) is 0 Å². The Hall–Kier alpha value is -2.61. The van der Waals surface area contributed by atoms with E-state index in [0.717, 1.165) is 29.6 Å². The van der Waals surface area contributed by atoms with E-state index in [2.05, 4.69) is 10.3 Å². The highest BCUT2D eigenvalue weighted by Gasteiger charge is 2.32. The lowest BCUT2D eigenvalue weighted by atomic mass is 9.99. The zero-order valence-corrected chi connectivity index (χ0v) is 13.8. The lowest BCUT2D eigenvalue weighted by molar-refractivity contribution is -0.147. The molecule has 1 aliphatic heterocycles. The number of hydrogen-bond acceptors (Lipinski definition) is 4. The van der Waals surface area contributed by atoms with Gasteiger partial charge in [0.1, 0.15) is 0 Å². The molecule has 1 aromatic heterocycles. The Morgan fingerprint density at radius 3 is 2.54 bits per heavy atom. The largest absolute Gasteiger partial charge is 0.481 e. The number of carbonyl (C=O) groups is 1. The number of likely N-dealkylation sites (tertiary alicyclic amines) is 1. The molecule has 0 radical (unpaired) electrons. The summed E-state index contributed by atoms with van der Waals surface area (Å²) in [4.78, 5) is 16.8. The molecule has 138 valence electrons. The molecule has 3 rings (SSSR count). The van der Waals surface area contributed by atoms with Crippen LogP contribution in [-0.4, -0.2) is 34.0 Å². The maximum atomic E-state index is 12.7. The first-order chi connectivity index (χ1) is 12.3. The van der Waals surface area contributed by atoms with E-state index >= 15 is 0 Å². The number of carboxylic acids is 1. The smallest absolute Gasteiger partial charge is 0.416 e. The van der Waals surface area contributed by atoms with E-state index in [1.807, 2.05) is 29.2 Å². The van der Waals surface area contributed by atoms with Crippen LogP contribution in [0.2, 0.25) is 0 Å². The van der Waals surface area contributed by atoms with Gasteiger partial charge >= 0.3 is 12.1 Å². The lowest BCUT2D eigenvalue weighted by Gasteiger charge is -2.36. The van der Waals surface area contributed by atoms with Gasteiger partial charge in [-0.2, -0.15) is 13.2 Å². The van der Waals surface area contributed by atoms with Crippen molar-refractivity contribution in [2.45, 2.75) is 19.3 Å². The first kappa shape index (κ1) is 18.2. The van der Waals surface area contributed by atoms with Gasteiger partial charge in [-0.05, 0) is 29.8 Å². The number of nitrogens with one attached hydrogen (secondary N) is 1. The summed E-state index contributed by atoms with van der Waals surface area (Å²) in [7, 11) is 0. The third kappa shape index (κ3) is 4.51. The predicted octanol–water partition coefficient (Wildman–Crippen LogP) is 3.23. The van der Waals surface area contributed by atoms with Crippen LogP contribution in [0.15, 0.2) is 42.6 Å². The van der Waals surface area contributed by atoms with Crippen molar-refractivity contribution in [1.29, 1.82) is 0 Å². The molecule has 1 aromatic carbocycles. The highest BCUT2D eigenvalue weighted by atomic mass is 19.4. The monoisotopic (exact) mass is 365 g/mol. The van der Waals surface area contributed by atoms with Crippen molar-refractivity contribution in [3.63, 3.8) is 0 Å². The molecular formula is C18H18F3N3O2. The summed E-state index contributed by atoms with van der Waals surface area (Å²) in [5.74, 6) is -1.04. The van der Waals surface area contributed by atoms with E-state index < -0.39 is 17.7 Å². The molecule has 1 fully saturated rings. The molecule has 0 aliphatic carbocycles. The molecule has 5 nitrogen and oxygen atoms in total. The lowest BCUT2D eigenvalue weighted by Crippen LogP contribution is -2.49. The number of rotatable bonds is 6. The Morgan fingerprint density at radius 2 is 1.92 bits per heavy atom. The standard InChI is InChI=1S/C18H18F3N3O2/c19-18(20,21)14-5-6-22-16(7-14)8-23-15-3-1-12(2-4-15)9-24-10-13(11-24)17(25)26/h1-7,13,23H,8-11H2,(H,25,26). The number of hydrogen-bond donors (Lipinski definition) is 2. The van der Waals surface area contributed by atoms with Gasteiger partial charge in [0.25, 0.3) is 0 Å². The number of benzene rings is 1. The number of alkyl halides is 3. The van der Waals surface area contributed by atoms with Gasteiger partial charge in [-0.15, -0.1) is 0 Å². The molecular weight excluding hydrogens is 347 g/mol. The summed E-state index contributed by atoms with van der Waals surface area (Å²) < 4.78 is 38.1. The van der Waals surface area contributed by atoms with E-state index in [1.54, 1.807) is 0 Å². The first-order valence-corrected chi connectivity index (χ1v) is 8.11. The molecule has 8 heteroatoms. The van der Waals surface area contributed by atoms with Gasteiger partial charge in [-0.3, -0.25) is 14.7 Å². The number of carboxylic acid groups (broad SMARTS) is 1. The van der Waals surface area contributed by atoms with E-state index in [-0.39, 0.29) is 12.5 Å². The van der Waals surface area contributed by atoms with E-state index in [0.29, 0.717) is 25.3 Å². The van der Waals surface area contributed by atoms with Gasteiger partial charge < -0.3 is 10.4 Å². The average Bonchev–Trinajstić information content (AvgIpc) is 2.56. The second kappa shape index (κ2) is 7.33. The summed E-state index contributed by atoms with van der Waals surface area (Å²) in [6.45, 7) is 1.97. The molecule has 0 atom stereocenters. The molecule has 1 saturated heterocycles. The summed E-state index contributed by atoms with van der Waals surface area (Å²) in [6.07, 6.45) is -3.23. The van der Waals surface area contributed by atoms with Gasteiger partial charge in [0.05, 0.1) is 23.7 Å². The molecule has 0 unspecified atom stereocenters.